The van der Waals surface area contributed by atoms with Crippen LogP contribution >= 0.6 is 0 Å². The van der Waals surface area contributed by atoms with Crippen LogP contribution in [0.15, 0.2) is 29.3 Å². The Morgan fingerprint density at radius 3 is 2.48 bits per heavy atom. The van der Waals surface area contributed by atoms with Crippen LogP contribution < -0.4 is 20.1 Å². The van der Waals surface area contributed by atoms with Crippen molar-refractivity contribution in [3.63, 3.8) is 0 Å². The number of hydrogen-bond acceptors (Lipinski definition) is 4. The Balaban J connectivity index is 2.53. The molecule has 0 bridgehead atoms. The molecule has 0 atom stereocenters. The van der Waals surface area contributed by atoms with E-state index in [1.165, 1.54) is 32.2 Å². The van der Waals surface area contributed by atoms with Gasteiger partial charge in [0.2, 0.25) is 10.0 Å². The number of sulfonamides is 1. The molecule has 0 aliphatic heterocycles. The van der Waals surface area contributed by atoms with Crippen LogP contribution in [0.4, 0.5) is 13.2 Å². The molecule has 0 aromatic heterocycles. The zero-order valence-electron chi connectivity index (χ0n) is 13.9. The molecule has 0 unspecified atom stereocenters. The number of halogens is 3. The van der Waals surface area contributed by atoms with Gasteiger partial charge in [-0.15, -0.1) is 13.2 Å². The first-order valence-corrected chi connectivity index (χ1v) is 9.07. The number of nitrogens with one attached hydrogen (secondary N) is 3. The van der Waals surface area contributed by atoms with Gasteiger partial charge in [-0.05, 0) is 13.0 Å². The van der Waals surface area contributed by atoms with Gasteiger partial charge in [-0.2, -0.15) is 0 Å². The Morgan fingerprint density at radius 1 is 1.20 bits per heavy atom. The SMILES string of the molecule is CCS(=O)(=O)NCCNC(=NC)NCc1ccccc1OC(F)(F)F. The highest BCUT2D eigenvalue weighted by molar-refractivity contribution is 7.89. The van der Waals surface area contributed by atoms with E-state index in [4.69, 9.17) is 0 Å². The smallest absolute Gasteiger partial charge is 0.405 e. The van der Waals surface area contributed by atoms with Crippen molar-refractivity contribution < 1.29 is 26.3 Å². The van der Waals surface area contributed by atoms with Gasteiger partial charge < -0.3 is 15.4 Å². The third kappa shape index (κ3) is 8.59. The number of alkyl halides is 3. The van der Waals surface area contributed by atoms with Gasteiger partial charge in [0, 0.05) is 32.2 Å². The maximum atomic E-state index is 12.4. The van der Waals surface area contributed by atoms with Crippen LogP contribution in [-0.2, 0) is 16.6 Å². The van der Waals surface area contributed by atoms with Crippen LogP contribution in [0.5, 0.6) is 5.75 Å². The summed E-state index contributed by atoms with van der Waals surface area (Å²) in [5, 5.41) is 5.69. The van der Waals surface area contributed by atoms with Crippen molar-refractivity contribution >= 4 is 16.0 Å². The second-order valence-corrected chi connectivity index (χ2v) is 6.90. The highest BCUT2D eigenvalue weighted by Gasteiger charge is 2.31. The van der Waals surface area contributed by atoms with Crippen molar-refractivity contribution in [1.82, 2.24) is 15.4 Å². The lowest BCUT2D eigenvalue weighted by atomic mass is 10.2. The average molecular weight is 382 g/mol. The predicted octanol–water partition coefficient (Wildman–Crippen LogP) is 1.19. The first-order chi connectivity index (χ1) is 11.7. The first-order valence-electron chi connectivity index (χ1n) is 7.42. The van der Waals surface area contributed by atoms with E-state index in [0.29, 0.717) is 11.5 Å². The van der Waals surface area contributed by atoms with Crippen molar-refractivity contribution in [3.05, 3.63) is 29.8 Å². The van der Waals surface area contributed by atoms with Crippen LogP contribution in [0.3, 0.4) is 0 Å². The summed E-state index contributed by atoms with van der Waals surface area (Å²) in [6.45, 7) is 1.99. The lowest BCUT2D eigenvalue weighted by molar-refractivity contribution is -0.274. The van der Waals surface area contributed by atoms with Crippen molar-refractivity contribution in [1.29, 1.82) is 0 Å². The summed E-state index contributed by atoms with van der Waals surface area (Å²) in [6.07, 6.45) is -4.77. The van der Waals surface area contributed by atoms with Crippen molar-refractivity contribution in [2.75, 3.05) is 25.9 Å². The number of aliphatic imine (C=N–C) groups is 1. The molecular formula is C14H21F3N4O3S. The molecule has 0 spiro atoms. The standard InChI is InChI=1S/C14H21F3N4O3S/c1-3-25(22,23)21-9-8-19-13(18-2)20-10-11-6-4-5-7-12(11)24-14(15,16)17/h4-7,21H,3,8-10H2,1-2H3,(H2,18,19,20). The molecular weight excluding hydrogens is 361 g/mol. The maximum Gasteiger partial charge on any atom is 0.573 e. The molecule has 0 saturated carbocycles. The fourth-order valence-corrected chi connectivity index (χ4v) is 2.38. The molecule has 0 aliphatic rings. The van der Waals surface area contributed by atoms with Gasteiger partial charge in [-0.3, -0.25) is 4.99 Å². The molecule has 7 nitrogen and oxygen atoms in total. The van der Waals surface area contributed by atoms with E-state index in [1.54, 1.807) is 6.07 Å². The molecule has 3 N–H and O–H groups in total. The number of ether oxygens (including phenoxy) is 1. The molecule has 0 saturated heterocycles. The molecule has 11 heteroatoms. The Hall–Kier alpha value is -2.01. The summed E-state index contributed by atoms with van der Waals surface area (Å²) in [5.41, 5.74) is 0.300. The molecule has 1 aromatic carbocycles. The minimum Gasteiger partial charge on any atom is -0.405 e. The van der Waals surface area contributed by atoms with E-state index in [1.807, 2.05) is 0 Å². The number of nitrogens with zero attached hydrogens (tertiary/aromatic N) is 1. The number of para-hydroxylation sites is 1. The highest BCUT2D eigenvalue weighted by Crippen LogP contribution is 2.25. The molecule has 0 heterocycles. The summed E-state index contributed by atoms with van der Waals surface area (Å²) in [6, 6.07) is 5.75. The maximum absolute atomic E-state index is 12.4. The summed E-state index contributed by atoms with van der Waals surface area (Å²) >= 11 is 0. The van der Waals surface area contributed by atoms with E-state index in [2.05, 4.69) is 25.1 Å². The van der Waals surface area contributed by atoms with E-state index in [9.17, 15) is 21.6 Å². The minimum atomic E-state index is -4.77. The largest absolute Gasteiger partial charge is 0.573 e. The Labute approximate surface area is 144 Å². The second kappa shape index (κ2) is 9.47. The van der Waals surface area contributed by atoms with Gasteiger partial charge in [0.1, 0.15) is 5.75 Å². The predicted molar refractivity (Wildman–Crippen MR) is 88.8 cm³/mol. The van der Waals surface area contributed by atoms with E-state index in [0.717, 1.165) is 0 Å². The molecule has 0 radical (unpaired) electrons. The quantitative estimate of drug-likeness (QED) is 0.357. The number of hydrogen-bond donors (Lipinski definition) is 3. The van der Waals surface area contributed by atoms with Crippen LogP contribution in [0.1, 0.15) is 12.5 Å². The Kier molecular flexibility index (Phi) is 7.97. The topological polar surface area (TPSA) is 91.8 Å². The fourth-order valence-electron chi connectivity index (χ4n) is 1.76. The lowest BCUT2D eigenvalue weighted by Crippen LogP contribution is -2.41. The number of guanidine groups is 1. The van der Waals surface area contributed by atoms with Crippen LogP contribution in [0.25, 0.3) is 0 Å². The summed E-state index contributed by atoms with van der Waals surface area (Å²) in [4.78, 5) is 3.92. The summed E-state index contributed by atoms with van der Waals surface area (Å²) in [7, 11) is -1.79. The van der Waals surface area contributed by atoms with Gasteiger partial charge >= 0.3 is 6.36 Å². The van der Waals surface area contributed by atoms with E-state index in [-0.39, 0.29) is 31.1 Å². The van der Waals surface area contributed by atoms with Crippen LogP contribution in [-0.4, -0.2) is 46.6 Å². The average Bonchev–Trinajstić information content (AvgIpc) is 2.54. The van der Waals surface area contributed by atoms with Crippen molar-refractivity contribution in [2.24, 2.45) is 4.99 Å². The molecule has 1 rings (SSSR count). The van der Waals surface area contributed by atoms with Crippen molar-refractivity contribution in [3.8, 4) is 5.75 Å². The van der Waals surface area contributed by atoms with Gasteiger partial charge in [0.25, 0.3) is 0 Å². The van der Waals surface area contributed by atoms with E-state index < -0.39 is 16.4 Å². The normalized spacial score (nSPS) is 12.8. The summed E-state index contributed by atoms with van der Waals surface area (Å²) < 4.78 is 66.1. The molecule has 0 amide bonds. The monoisotopic (exact) mass is 382 g/mol. The summed E-state index contributed by atoms with van der Waals surface area (Å²) in [5.74, 6) is 0.00171. The van der Waals surface area contributed by atoms with E-state index >= 15 is 0 Å². The van der Waals surface area contributed by atoms with Gasteiger partial charge in [-0.25, -0.2) is 13.1 Å². The molecule has 25 heavy (non-hydrogen) atoms. The Bertz CT molecular complexity index is 678. The molecule has 142 valence electrons. The number of rotatable bonds is 8. The zero-order chi connectivity index (χ0) is 18.9. The third-order valence-electron chi connectivity index (χ3n) is 2.99. The third-order valence-corrected chi connectivity index (χ3v) is 4.39. The molecule has 0 aliphatic carbocycles. The second-order valence-electron chi connectivity index (χ2n) is 4.81. The fraction of sp³-hybridized carbons (Fsp3) is 0.500. The lowest BCUT2D eigenvalue weighted by Gasteiger charge is -2.15. The van der Waals surface area contributed by atoms with Crippen LogP contribution in [0.2, 0.25) is 0 Å². The first kappa shape index (κ1) is 21.0. The highest BCUT2D eigenvalue weighted by atomic mass is 32.2. The van der Waals surface area contributed by atoms with Gasteiger partial charge in [0.05, 0.1) is 5.75 Å². The van der Waals surface area contributed by atoms with Crippen LogP contribution in [0, 0.1) is 0 Å². The minimum absolute atomic E-state index is 0.0179. The van der Waals surface area contributed by atoms with Gasteiger partial charge in [0.15, 0.2) is 5.96 Å². The molecule has 1 aromatic rings. The Morgan fingerprint density at radius 2 is 1.88 bits per heavy atom. The van der Waals surface area contributed by atoms with Crippen molar-refractivity contribution in [2.45, 2.75) is 19.8 Å². The number of benzene rings is 1. The molecule has 0 fully saturated rings. The van der Waals surface area contributed by atoms with Gasteiger partial charge in [-0.1, -0.05) is 18.2 Å². The zero-order valence-corrected chi connectivity index (χ0v) is 14.7.